The fraction of sp³-hybridized carbons (Fsp3) is 0.733. The van der Waals surface area contributed by atoms with Crippen molar-refractivity contribution in [2.45, 2.75) is 192 Å². The maximum Gasteiger partial charge on any atom is 0.306 e. The standard InChI is InChI=1S/C45H76O10/c1-3-5-7-9-11-13-15-17-19-21-23-25-27-29-31-33-40(47)52-36-38(37-53-45-44(51)43(50)42(49)39(35-46)55-45)54-41(48)34-32-30-28-26-24-22-20-18-16-14-12-10-8-6-4-2/h5,7,11,13,17,19,23,25,28,30,38-39,42-46,49-51H,3-4,6,8-10,12,14-16,18,20-22,24,26-27,29,31-37H2,1-2H3/b7-5+,13-11+,19-17+,25-23+,30-28+/t38-,39-,42+,43?,44?,45-/m0/s1. The number of hydrogen-bond donors (Lipinski definition) is 4. The molecule has 1 fully saturated rings. The Hall–Kier alpha value is -2.60. The zero-order valence-electron chi connectivity index (χ0n) is 34.2. The molecular weight excluding hydrogens is 700 g/mol. The summed E-state index contributed by atoms with van der Waals surface area (Å²) in [5.41, 5.74) is 0. The van der Waals surface area contributed by atoms with Crippen molar-refractivity contribution >= 4 is 11.9 Å². The number of carbonyl (C=O) groups is 2. The smallest absolute Gasteiger partial charge is 0.306 e. The molecule has 0 bridgehead atoms. The summed E-state index contributed by atoms with van der Waals surface area (Å²) < 4.78 is 22.0. The van der Waals surface area contributed by atoms with E-state index in [0.717, 1.165) is 51.4 Å². The highest BCUT2D eigenvalue weighted by atomic mass is 16.7. The van der Waals surface area contributed by atoms with Crippen LogP contribution in [0.25, 0.3) is 0 Å². The lowest BCUT2D eigenvalue weighted by Gasteiger charge is -2.39. The Morgan fingerprint density at radius 2 is 1.11 bits per heavy atom. The Balaban J connectivity index is 2.41. The van der Waals surface area contributed by atoms with Gasteiger partial charge in [0.2, 0.25) is 0 Å². The van der Waals surface area contributed by atoms with Crippen molar-refractivity contribution in [2.75, 3.05) is 19.8 Å². The van der Waals surface area contributed by atoms with E-state index in [1.807, 2.05) is 6.08 Å². The highest BCUT2D eigenvalue weighted by Gasteiger charge is 2.44. The van der Waals surface area contributed by atoms with Crippen LogP contribution in [0.1, 0.15) is 155 Å². The summed E-state index contributed by atoms with van der Waals surface area (Å²) in [4.78, 5) is 25.2. The molecule has 0 aromatic carbocycles. The second-order valence-corrected chi connectivity index (χ2v) is 14.4. The quantitative estimate of drug-likeness (QED) is 0.0284. The van der Waals surface area contributed by atoms with Crippen molar-refractivity contribution in [3.05, 3.63) is 60.8 Å². The average Bonchev–Trinajstić information content (AvgIpc) is 3.18. The zero-order valence-corrected chi connectivity index (χ0v) is 34.2. The second kappa shape index (κ2) is 35.8. The molecule has 1 heterocycles. The predicted octanol–water partition coefficient (Wildman–Crippen LogP) is 8.66. The summed E-state index contributed by atoms with van der Waals surface area (Å²) >= 11 is 0. The minimum atomic E-state index is -1.61. The number of aliphatic hydroxyl groups is 4. The van der Waals surface area contributed by atoms with Gasteiger partial charge in [0.1, 0.15) is 31.0 Å². The topological polar surface area (TPSA) is 152 Å². The number of rotatable bonds is 34. The van der Waals surface area contributed by atoms with E-state index < -0.39 is 55.4 Å². The van der Waals surface area contributed by atoms with Gasteiger partial charge in [-0.1, -0.05) is 139 Å². The van der Waals surface area contributed by atoms with Gasteiger partial charge in [0.05, 0.1) is 13.2 Å². The monoisotopic (exact) mass is 777 g/mol. The van der Waals surface area contributed by atoms with Gasteiger partial charge in [0.25, 0.3) is 0 Å². The van der Waals surface area contributed by atoms with Crippen LogP contribution in [0.4, 0.5) is 0 Å². The van der Waals surface area contributed by atoms with Crippen LogP contribution in [0, 0.1) is 0 Å². The Labute approximate surface area is 332 Å². The predicted molar refractivity (Wildman–Crippen MR) is 219 cm³/mol. The summed E-state index contributed by atoms with van der Waals surface area (Å²) in [5.74, 6) is -0.917. The van der Waals surface area contributed by atoms with E-state index in [0.29, 0.717) is 12.8 Å². The average molecular weight is 777 g/mol. The molecule has 0 aromatic rings. The first-order valence-corrected chi connectivity index (χ1v) is 21.4. The molecule has 1 saturated heterocycles. The molecule has 10 nitrogen and oxygen atoms in total. The molecule has 0 saturated carbocycles. The molecule has 0 amide bonds. The van der Waals surface area contributed by atoms with Crippen LogP contribution in [-0.4, -0.2) is 89.0 Å². The molecule has 1 aliphatic rings. The first-order chi connectivity index (χ1) is 26.8. The van der Waals surface area contributed by atoms with Crippen molar-refractivity contribution < 1.29 is 49.0 Å². The van der Waals surface area contributed by atoms with Crippen LogP contribution >= 0.6 is 0 Å². The molecule has 316 valence electrons. The number of hydrogen-bond acceptors (Lipinski definition) is 10. The molecule has 2 unspecified atom stereocenters. The van der Waals surface area contributed by atoms with E-state index in [1.165, 1.54) is 64.2 Å². The Morgan fingerprint density at radius 1 is 0.582 bits per heavy atom. The van der Waals surface area contributed by atoms with Gasteiger partial charge in [0, 0.05) is 12.8 Å². The summed E-state index contributed by atoms with van der Waals surface area (Å²) in [6.07, 6.45) is 35.3. The van der Waals surface area contributed by atoms with E-state index in [2.05, 4.69) is 68.5 Å². The number of ether oxygens (including phenoxy) is 4. The van der Waals surface area contributed by atoms with E-state index in [4.69, 9.17) is 18.9 Å². The molecule has 1 aliphatic heterocycles. The Bertz CT molecular complexity index is 1080. The lowest BCUT2D eigenvalue weighted by atomic mass is 9.99. The first-order valence-electron chi connectivity index (χ1n) is 21.4. The summed E-state index contributed by atoms with van der Waals surface area (Å²) in [6.45, 7) is 3.21. The Kier molecular flexibility index (Phi) is 32.8. The molecule has 0 aromatic heterocycles. The molecule has 4 N–H and O–H groups in total. The van der Waals surface area contributed by atoms with Gasteiger partial charge in [0.15, 0.2) is 12.4 Å². The minimum Gasteiger partial charge on any atom is -0.462 e. The van der Waals surface area contributed by atoms with Gasteiger partial charge in [-0.3, -0.25) is 9.59 Å². The van der Waals surface area contributed by atoms with E-state index >= 15 is 0 Å². The molecule has 0 aliphatic carbocycles. The van der Waals surface area contributed by atoms with Gasteiger partial charge in [-0.2, -0.15) is 0 Å². The number of unbranched alkanes of at least 4 members (excludes halogenated alkanes) is 13. The van der Waals surface area contributed by atoms with Crippen LogP contribution in [0.2, 0.25) is 0 Å². The molecule has 1 rings (SSSR count). The fourth-order valence-corrected chi connectivity index (χ4v) is 6.02. The third-order valence-corrected chi connectivity index (χ3v) is 9.40. The number of esters is 2. The van der Waals surface area contributed by atoms with Crippen molar-refractivity contribution in [3.63, 3.8) is 0 Å². The van der Waals surface area contributed by atoms with Crippen molar-refractivity contribution in [1.29, 1.82) is 0 Å². The van der Waals surface area contributed by atoms with Crippen molar-refractivity contribution in [3.8, 4) is 0 Å². The van der Waals surface area contributed by atoms with Crippen molar-refractivity contribution in [2.24, 2.45) is 0 Å². The fourth-order valence-electron chi connectivity index (χ4n) is 6.02. The van der Waals surface area contributed by atoms with E-state index in [9.17, 15) is 30.0 Å². The van der Waals surface area contributed by atoms with Gasteiger partial charge in [-0.05, 0) is 64.2 Å². The highest BCUT2D eigenvalue weighted by molar-refractivity contribution is 5.70. The molecular formula is C45H76O10. The van der Waals surface area contributed by atoms with Gasteiger partial charge in [-0.25, -0.2) is 0 Å². The first kappa shape index (κ1) is 50.4. The summed E-state index contributed by atoms with van der Waals surface area (Å²) in [7, 11) is 0. The van der Waals surface area contributed by atoms with Crippen LogP contribution in [0.15, 0.2) is 60.8 Å². The maximum absolute atomic E-state index is 12.7. The number of aliphatic hydroxyl groups excluding tert-OH is 4. The maximum atomic E-state index is 12.7. The summed E-state index contributed by atoms with van der Waals surface area (Å²) in [5, 5.41) is 40.0. The lowest BCUT2D eigenvalue weighted by Crippen LogP contribution is -2.59. The third-order valence-electron chi connectivity index (χ3n) is 9.40. The van der Waals surface area contributed by atoms with Crippen molar-refractivity contribution in [1.82, 2.24) is 0 Å². The molecule has 55 heavy (non-hydrogen) atoms. The molecule has 0 spiro atoms. The normalized spacial score (nSPS) is 21.2. The van der Waals surface area contributed by atoms with Crippen LogP contribution in [0.5, 0.6) is 0 Å². The van der Waals surface area contributed by atoms with Gasteiger partial charge < -0.3 is 39.4 Å². The van der Waals surface area contributed by atoms with Gasteiger partial charge in [-0.15, -0.1) is 0 Å². The second-order valence-electron chi connectivity index (χ2n) is 14.4. The number of carbonyl (C=O) groups excluding carboxylic acids is 2. The Morgan fingerprint density at radius 3 is 1.71 bits per heavy atom. The van der Waals surface area contributed by atoms with Crippen LogP contribution in [0.3, 0.4) is 0 Å². The van der Waals surface area contributed by atoms with Crippen LogP contribution < -0.4 is 0 Å². The highest BCUT2D eigenvalue weighted by Crippen LogP contribution is 2.22. The minimum absolute atomic E-state index is 0.135. The molecule has 6 atom stereocenters. The SMILES string of the molecule is CC/C=C/C/C=C/C/C=C/C/C=C/CCCCC(=O)OC[C@@H](CO[C@H]1O[C@@H](CO)[C@@H](O)C(O)C1O)OC(=O)CC/C=C/CCCCCCCCCCCCC. The third kappa shape index (κ3) is 27.6. The van der Waals surface area contributed by atoms with E-state index in [1.54, 1.807) is 0 Å². The summed E-state index contributed by atoms with van der Waals surface area (Å²) in [6, 6.07) is 0. The zero-order chi connectivity index (χ0) is 40.2. The largest absolute Gasteiger partial charge is 0.462 e. The van der Waals surface area contributed by atoms with E-state index in [-0.39, 0.29) is 26.1 Å². The lowest BCUT2D eigenvalue weighted by molar-refractivity contribution is -0.305. The van der Waals surface area contributed by atoms with Crippen LogP contribution in [-0.2, 0) is 28.5 Å². The van der Waals surface area contributed by atoms with Gasteiger partial charge >= 0.3 is 11.9 Å². The molecule has 10 heteroatoms. The number of allylic oxidation sites excluding steroid dienone is 10. The molecule has 0 radical (unpaired) electrons.